The van der Waals surface area contributed by atoms with E-state index in [1.807, 2.05) is 45.0 Å². The molecule has 1 aliphatic heterocycles. The number of amides is 2. The number of hydrogen-bond donors (Lipinski definition) is 2. The molecule has 2 heterocycles. The van der Waals surface area contributed by atoms with Crippen LogP contribution in [0.2, 0.25) is 0 Å². The van der Waals surface area contributed by atoms with E-state index >= 15 is 0 Å². The number of benzene rings is 1. The molecule has 1 fully saturated rings. The summed E-state index contributed by atoms with van der Waals surface area (Å²) in [6.45, 7) is 12.6. The van der Waals surface area contributed by atoms with Crippen molar-refractivity contribution in [2.24, 2.45) is 5.41 Å². The molecule has 0 radical (unpaired) electrons. The van der Waals surface area contributed by atoms with E-state index < -0.39 is 23.6 Å². The zero-order valence-electron chi connectivity index (χ0n) is 21.2. The fraction of sp³-hybridized carbons (Fsp3) is 0.600. The third-order valence-electron chi connectivity index (χ3n) is 6.09. The normalized spacial score (nSPS) is 19.7. The smallest absolute Gasteiger partial charge is 0.248 e. The number of aliphatic hydroxyl groups excluding tert-OH is 1. The van der Waals surface area contributed by atoms with Crippen molar-refractivity contribution in [2.75, 3.05) is 13.6 Å². The summed E-state index contributed by atoms with van der Waals surface area (Å²) < 4.78 is 7.42. The molecule has 9 heteroatoms. The Morgan fingerprint density at radius 3 is 2.38 bits per heavy atom. The summed E-state index contributed by atoms with van der Waals surface area (Å²) in [5.74, 6) is 0.168. The Kier molecular flexibility index (Phi) is 7.35. The Labute approximate surface area is 201 Å². The number of likely N-dealkylation sites (N-methyl/N-ethyl adjacent to an activating group) is 1. The van der Waals surface area contributed by atoms with Gasteiger partial charge in [-0.05, 0) is 28.5 Å². The molecule has 2 unspecified atom stereocenters. The number of carbonyl (C=O) groups excluding carboxylic acids is 2. The van der Waals surface area contributed by atoms with Crippen LogP contribution in [0.3, 0.4) is 0 Å². The highest BCUT2D eigenvalue weighted by atomic mass is 16.5. The van der Waals surface area contributed by atoms with Gasteiger partial charge in [-0.2, -0.15) is 0 Å². The average molecular weight is 472 g/mol. The van der Waals surface area contributed by atoms with Crippen molar-refractivity contribution in [2.45, 2.75) is 78.2 Å². The van der Waals surface area contributed by atoms with Crippen molar-refractivity contribution in [3.63, 3.8) is 0 Å². The molecule has 0 spiro atoms. The third kappa shape index (κ3) is 5.75. The molecule has 2 aromatic rings. The van der Waals surface area contributed by atoms with Gasteiger partial charge in [-0.3, -0.25) is 9.59 Å². The molecule has 1 aliphatic rings. The molecule has 2 N–H and O–H groups in total. The van der Waals surface area contributed by atoms with E-state index in [0.717, 1.165) is 5.75 Å². The van der Waals surface area contributed by atoms with E-state index in [0.29, 0.717) is 5.69 Å². The number of β-amino-alcohol motifs (C(OH)–C–C–N with tert-alkyl or cyclic N) is 1. The highest BCUT2D eigenvalue weighted by molar-refractivity contribution is 5.90. The lowest BCUT2D eigenvalue weighted by Crippen LogP contribution is -2.49. The molecule has 1 saturated heterocycles. The van der Waals surface area contributed by atoms with E-state index in [1.165, 1.54) is 22.2 Å². The van der Waals surface area contributed by atoms with E-state index in [1.54, 1.807) is 6.20 Å². The summed E-state index contributed by atoms with van der Waals surface area (Å²) in [6.07, 6.45) is 1.18. The molecule has 3 atom stereocenters. The number of carbonyl (C=O) groups is 2. The van der Waals surface area contributed by atoms with Crippen LogP contribution in [0.1, 0.15) is 65.3 Å². The second-order valence-electron chi connectivity index (χ2n) is 11.0. The van der Waals surface area contributed by atoms with Gasteiger partial charge in [0.15, 0.2) is 0 Å². The van der Waals surface area contributed by atoms with Crippen LogP contribution < -0.4 is 10.1 Å². The molecular formula is C25H37N5O4. The molecular weight excluding hydrogens is 434 g/mol. The Bertz CT molecular complexity index is 1000. The average Bonchev–Trinajstić information content (AvgIpc) is 3.37. The first-order valence-electron chi connectivity index (χ1n) is 11.7. The molecule has 9 nitrogen and oxygen atoms in total. The van der Waals surface area contributed by atoms with Crippen molar-refractivity contribution in [1.29, 1.82) is 0 Å². The highest BCUT2D eigenvalue weighted by Crippen LogP contribution is 2.34. The van der Waals surface area contributed by atoms with Gasteiger partial charge in [0.2, 0.25) is 11.8 Å². The lowest BCUT2D eigenvalue weighted by atomic mass is 9.85. The Morgan fingerprint density at radius 1 is 1.18 bits per heavy atom. The fourth-order valence-corrected chi connectivity index (χ4v) is 4.22. The maximum Gasteiger partial charge on any atom is 0.248 e. The minimum Gasteiger partial charge on any atom is -0.487 e. The van der Waals surface area contributed by atoms with Gasteiger partial charge >= 0.3 is 0 Å². The minimum atomic E-state index is -0.740. The Morgan fingerprint density at radius 2 is 1.82 bits per heavy atom. The molecule has 0 saturated carbocycles. The highest BCUT2D eigenvalue weighted by Gasteiger charge is 2.45. The van der Waals surface area contributed by atoms with E-state index in [2.05, 4.69) is 36.4 Å². The maximum atomic E-state index is 13.6. The summed E-state index contributed by atoms with van der Waals surface area (Å²) in [6, 6.07) is 6.56. The SMILES string of the molecule is CNC(=O)[C@H]1CC(O)CN1C(=O)C(n1cc(COc2ccc(C(C)(C)C)cc2)nn1)C(C)(C)C. The maximum absolute atomic E-state index is 13.6. The zero-order chi connectivity index (χ0) is 25.3. The van der Waals surface area contributed by atoms with E-state index in [4.69, 9.17) is 4.74 Å². The molecule has 2 amide bonds. The van der Waals surface area contributed by atoms with Gasteiger partial charge in [0.25, 0.3) is 0 Å². The fourth-order valence-electron chi connectivity index (χ4n) is 4.22. The number of rotatable bonds is 6. The quantitative estimate of drug-likeness (QED) is 0.670. The van der Waals surface area contributed by atoms with Crippen molar-refractivity contribution in [3.8, 4) is 5.75 Å². The third-order valence-corrected chi connectivity index (χ3v) is 6.09. The number of ether oxygens (including phenoxy) is 1. The summed E-state index contributed by atoms with van der Waals surface area (Å²) in [4.78, 5) is 27.4. The second kappa shape index (κ2) is 9.74. The van der Waals surface area contributed by atoms with Gasteiger partial charge in [0, 0.05) is 20.0 Å². The van der Waals surface area contributed by atoms with Crippen molar-refractivity contribution < 1.29 is 19.4 Å². The van der Waals surface area contributed by atoms with Crippen LogP contribution in [-0.2, 0) is 21.6 Å². The van der Waals surface area contributed by atoms with Gasteiger partial charge in [0.1, 0.15) is 30.1 Å². The number of nitrogens with zero attached hydrogens (tertiary/aromatic N) is 4. The predicted molar refractivity (Wildman–Crippen MR) is 128 cm³/mol. The molecule has 0 bridgehead atoms. The summed E-state index contributed by atoms with van der Waals surface area (Å²) in [5, 5.41) is 21.1. The number of aromatic nitrogens is 3. The van der Waals surface area contributed by atoms with Crippen molar-refractivity contribution >= 4 is 11.8 Å². The predicted octanol–water partition coefficient (Wildman–Crippen LogP) is 2.45. The first-order chi connectivity index (χ1) is 15.8. The second-order valence-corrected chi connectivity index (χ2v) is 11.0. The number of hydrogen-bond acceptors (Lipinski definition) is 6. The summed E-state index contributed by atoms with van der Waals surface area (Å²) in [5.41, 5.74) is 1.37. The van der Waals surface area contributed by atoms with Crippen LogP contribution in [0.4, 0.5) is 0 Å². The van der Waals surface area contributed by atoms with E-state index in [-0.39, 0.29) is 36.8 Å². The zero-order valence-corrected chi connectivity index (χ0v) is 21.2. The lowest BCUT2D eigenvalue weighted by Gasteiger charge is -2.34. The van der Waals surface area contributed by atoms with Crippen LogP contribution in [0.25, 0.3) is 0 Å². The molecule has 186 valence electrons. The molecule has 1 aromatic heterocycles. The van der Waals surface area contributed by atoms with Crippen molar-refractivity contribution in [1.82, 2.24) is 25.2 Å². The standard InChI is InChI=1S/C25H37N5O4/c1-24(2,3)16-8-10-19(11-9-16)34-15-17-13-30(28-27-17)21(25(4,5)6)23(33)29-14-18(31)12-20(29)22(32)26-7/h8-11,13,18,20-21,31H,12,14-15H2,1-7H3,(H,26,32)/t18?,20-,21?/m1/s1. The monoisotopic (exact) mass is 471 g/mol. The van der Waals surface area contributed by atoms with Crippen LogP contribution in [-0.4, -0.2) is 62.6 Å². The summed E-state index contributed by atoms with van der Waals surface area (Å²) >= 11 is 0. The largest absolute Gasteiger partial charge is 0.487 e. The number of aliphatic hydroxyl groups is 1. The minimum absolute atomic E-state index is 0.0674. The van der Waals surface area contributed by atoms with Gasteiger partial charge < -0.3 is 20.1 Å². The van der Waals surface area contributed by atoms with Crippen LogP contribution in [0.15, 0.2) is 30.5 Å². The van der Waals surface area contributed by atoms with Gasteiger partial charge in [-0.25, -0.2) is 4.68 Å². The first kappa shape index (κ1) is 25.7. The lowest BCUT2D eigenvalue weighted by molar-refractivity contribution is -0.144. The van der Waals surface area contributed by atoms with Crippen LogP contribution in [0.5, 0.6) is 5.75 Å². The number of nitrogens with one attached hydrogen (secondary N) is 1. The first-order valence-corrected chi connectivity index (χ1v) is 11.7. The molecule has 34 heavy (non-hydrogen) atoms. The molecule has 1 aromatic carbocycles. The van der Waals surface area contributed by atoms with Crippen molar-refractivity contribution in [3.05, 3.63) is 41.7 Å². The Balaban J connectivity index is 1.76. The van der Waals surface area contributed by atoms with Crippen LogP contribution >= 0.6 is 0 Å². The van der Waals surface area contributed by atoms with E-state index in [9.17, 15) is 14.7 Å². The Hall–Kier alpha value is -2.94. The number of likely N-dealkylation sites (tertiary alicyclic amines) is 1. The van der Waals surface area contributed by atoms with Gasteiger partial charge in [-0.15, -0.1) is 5.10 Å². The van der Waals surface area contributed by atoms with Crippen LogP contribution in [0, 0.1) is 5.41 Å². The van der Waals surface area contributed by atoms with Gasteiger partial charge in [-0.1, -0.05) is 58.9 Å². The molecule has 0 aliphatic carbocycles. The topological polar surface area (TPSA) is 110 Å². The summed E-state index contributed by atoms with van der Waals surface area (Å²) in [7, 11) is 1.53. The molecule has 3 rings (SSSR count). The van der Waals surface area contributed by atoms with Gasteiger partial charge in [0.05, 0.1) is 12.3 Å².